The maximum atomic E-state index is 11.3. The summed E-state index contributed by atoms with van der Waals surface area (Å²) in [7, 11) is 0. The number of ether oxygens (including phenoxy) is 1. The summed E-state index contributed by atoms with van der Waals surface area (Å²) < 4.78 is 5.30. The van der Waals surface area contributed by atoms with Crippen LogP contribution in [0.5, 0.6) is 0 Å². The zero-order valence-corrected chi connectivity index (χ0v) is 8.86. The van der Waals surface area contributed by atoms with Gasteiger partial charge in [0.15, 0.2) is 0 Å². The minimum absolute atomic E-state index is 0.0186. The Morgan fingerprint density at radius 2 is 2.33 bits per heavy atom. The smallest absolute Gasteiger partial charge is 0.308 e. The van der Waals surface area contributed by atoms with Crippen molar-refractivity contribution >= 4 is 11.9 Å². The summed E-state index contributed by atoms with van der Waals surface area (Å²) in [5.41, 5.74) is 0. The van der Waals surface area contributed by atoms with Crippen molar-refractivity contribution in [3.05, 3.63) is 0 Å². The molecule has 5 nitrogen and oxygen atoms in total. The molecule has 1 amide bonds. The SMILES string of the molecule is CC(CNC(=O)CC1CCCO1)C(=O)O. The molecule has 0 radical (unpaired) electrons. The van der Waals surface area contributed by atoms with Gasteiger partial charge in [0.05, 0.1) is 18.4 Å². The first kappa shape index (κ1) is 12.0. The fourth-order valence-electron chi connectivity index (χ4n) is 1.44. The van der Waals surface area contributed by atoms with E-state index in [9.17, 15) is 9.59 Å². The molecular formula is C10H17NO4. The molecule has 0 spiro atoms. The van der Waals surface area contributed by atoms with Crippen LogP contribution >= 0.6 is 0 Å². The van der Waals surface area contributed by atoms with Gasteiger partial charge < -0.3 is 15.2 Å². The third kappa shape index (κ3) is 4.29. The second kappa shape index (κ2) is 5.70. The predicted octanol–water partition coefficient (Wildman–Crippen LogP) is 0.392. The standard InChI is InChI=1S/C10H17NO4/c1-7(10(13)14)6-11-9(12)5-8-3-2-4-15-8/h7-8H,2-6H2,1H3,(H,11,12)(H,13,14). The zero-order chi connectivity index (χ0) is 11.3. The average Bonchev–Trinajstić information content (AvgIpc) is 2.66. The van der Waals surface area contributed by atoms with Gasteiger partial charge in [-0.3, -0.25) is 9.59 Å². The monoisotopic (exact) mass is 215 g/mol. The normalized spacial score (nSPS) is 22.3. The molecule has 2 atom stereocenters. The van der Waals surface area contributed by atoms with Gasteiger partial charge in [0.25, 0.3) is 0 Å². The molecule has 86 valence electrons. The minimum atomic E-state index is -0.896. The van der Waals surface area contributed by atoms with Gasteiger partial charge in [0, 0.05) is 13.2 Å². The molecule has 2 N–H and O–H groups in total. The summed E-state index contributed by atoms with van der Waals surface area (Å²) in [5, 5.41) is 11.2. The van der Waals surface area contributed by atoms with Crippen LogP contribution in [0.1, 0.15) is 26.2 Å². The van der Waals surface area contributed by atoms with Crippen LogP contribution in [0.3, 0.4) is 0 Å². The Kier molecular flexibility index (Phi) is 4.55. The van der Waals surface area contributed by atoms with Crippen molar-refractivity contribution in [3.63, 3.8) is 0 Å². The van der Waals surface area contributed by atoms with Gasteiger partial charge >= 0.3 is 5.97 Å². The number of amides is 1. The van der Waals surface area contributed by atoms with Crippen molar-refractivity contribution in [1.29, 1.82) is 0 Å². The van der Waals surface area contributed by atoms with E-state index in [0.717, 1.165) is 19.4 Å². The molecule has 1 aliphatic heterocycles. The van der Waals surface area contributed by atoms with Crippen LogP contribution in [0.2, 0.25) is 0 Å². The van der Waals surface area contributed by atoms with Crippen molar-refractivity contribution in [2.75, 3.05) is 13.2 Å². The lowest BCUT2D eigenvalue weighted by Crippen LogP contribution is -2.33. The molecule has 0 aromatic rings. The molecule has 2 unspecified atom stereocenters. The number of hydrogen-bond acceptors (Lipinski definition) is 3. The molecule has 1 aliphatic rings. The Balaban J connectivity index is 2.15. The van der Waals surface area contributed by atoms with Gasteiger partial charge in [-0.1, -0.05) is 6.92 Å². The van der Waals surface area contributed by atoms with Crippen molar-refractivity contribution in [1.82, 2.24) is 5.32 Å². The predicted molar refractivity (Wildman–Crippen MR) is 53.4 cm³/mol. The number of carboxylic acid groups (broad SMARTS) is 1. The molecule has 0 aliphatic carbocycles. The Labute approximate surface area is 88.8 Å². The lowest BCUT2D eigenvalue weighted by molar-refractivity contribution is -0.141. The lowest BCUT2D eigenvalue weighted by Gasteiger charge is -2.11. The average molecular weight is 215 g/mol. The lowest BCUT2D eigenvalue weighted by atomic mass is 10.1. The van der Waals surface area contributed by atoms with Crippen molar-refractivity contribution in [2.24, 2.45) is 5.92 Å². The first-order valence-electron chi connectivity index (χ1n) is 5.20. The summed E-state index contributed by atoms with van der Waals surface area (Å²) in [6, 6.07) is 0. The molecule has 0 bridgehead atoms. The number of carbonyl (C=O) groups excluding carboxylic acids is 1. The maximum absolute atomic E-state index is 11.3. The van der Waals surface area contributed by atoms with E-state index in [1.54, 1.807) is 6.92 Å². The highest BCUT2D eigenvalue weighted by molar-refractivity contribution is 5.77. The van der Waals surface area contributed by atoms with Gasteiger partial charge in [-0.25, -0.2) is 0 Å². The van der Waals surface area contributed by atoms with Crippen LogP contribution in [0.4, 0.5) is 0 Å². The third-order valence-electron chi connectivity index (χ3n) is 2.46. The Bertz CT molecular complexity index is 236. The molecule has 1 heterocycles. The maximum Gasteiger partial charge on any atom is 0.308 e. The molecule has 0 aromatic carbocycles. The van der Waals surface area contributed by atoms with E-state index >= 15 is 0 Å². The molecule has 0 aromatic heterocycles. The summed E-state index contributed by atoms with van der Waals surface area (Å²) in [6.45, 7) is 2.47. The van der Waals surface area contributed by atoms with E-state index in [4.69, 9.17) is 9.84 Å². The third-order valence-corrected chi connectivity index (χ3v) is 2.46. The summed E-state index contributed by atoms with van der Waals surface area (Å²) >= 11 is 0. The quantitative estimate of drug-likeness (QED) is 0.695. The number of carboxylic acids is 1. The van der Waals surface area contributed by atoms with Crippen LogP contribution in [0, 0.1) is 5.92 Å². The van der Waals surface area contributed by atoms with E-state index in [1.165, 1.54) is 0 Å². The molecule has 1 saturated heterocycles. The molecular weight excluding hydrogens is 198 g/mol. The highest BCUT2D eigenvalue weighted by Crippen LogP contribution is 2.14. The van der Waals surface area contributed by atoms with Crippen LogP contribution in [0.25, 0.3) is 0 Å². The van der Waals surface area contributed by atoms with Gasteiger partial charge in [-0.15, -0.1) is 0 Å². The van der Waals surface area contributed by atoms with Crippen molar-refractivity contribution in [2.45, 2.75) is 32.3 Å². The first-order valence-corrected chi connectivity index (χ1v) is 5.20. The zero-order valence-electron chi connectivity index (χ0n) is 8.86. The van der Waals surface area contributed by atoms with Crippen molar-refractivity contribution < 1.29 is 19.4 Å². The largest absolute Gasteiger partial charge is 0.481 e. The fourth-order valence-corrected chi connectivity index (χ4v) is 1.44. The second-order valence-electron chi connectivity index (χ2n) is 3.88. The van der Waals surface area contributed by atoms with E-state index in [2.05, 4.69) is 5.32 Å². The van der Waals surface area contributed by atoms with Crippen LogP contribution in [-0.4, -0.2) is 36.2 Å². The fraction of sp³-hybridized carbons (Fsp3) is 0.800. The van der Waals surface area contributed by atoms with Crippen LogP contribution in [0.15, 0.2) is 0 Å². The highest BCUT2D eigenvalue weighted by Gasteiger charge is 2.19. The van der Waals surface area contributed by atoms with E-state index in [1.807, 2.05) is 0 Å². The Morgan fingerprint density at radius 1 is 1.60 bits per heavy atom. The first-order chi connectivity index (χ1) is 7.09. The topological polar surface area (TPSA) is 75.6 Å². The molecule has 15 heavy (non-hydrogen) atoms. The van der Waals surface area contributed by atoms with Crippen LogP contribution < -0.4 is 5.32 Å². The Hall–Kier alpha value is -1.10. The number of hydrogen-bond donors (Lipinski definition) is 2. The Morgan fingerprint density at radius 3 is 2.87 bits per heavy atom. The second-order valence-corrected chi connectivity index (χ2v) is 3.88. The van der Waals surface area contributed by atoms with Gasteiger partial charge in [0.2, 0.25) is 5.91 Å². The molecule has 1 rings (SSSR count). The van der Waals surface area contributed by atoms with E-state index in [0.29, 0.717) is 6.42 Å². The number of rotatable bonds is 5. The van der Waals surface area contributed by atoms with E-state index in [-0.39, 0.29) is 18.6 Å². The van der Waals surface area contributed by atoms with E-state index < -0.39 is 11.9 Å². The minimum Gasteiger partial charge on any atom is -0.481 e. The number of nitrogens with one attached hydrogen (secondary N) is 1. The summed E-state index contributed by atoms with van der Waals surface area (Å²) in [4.78, 5) is 21.8. The summed E-state index contributed by atoms with van der Waals surface area (Å²) in [5.74, 6) is -1.57. The molecule has 5 heteroatoms. The van der Waals surface area contributed by atoms with Crippen molar-refractivity contribution in [3.8, 4) is 0 Å². The highest BCUT2D eigenvalue weighted by atomic mass is 16.5. The summed E-state index contributed by atoms with van der Waals surface area (Å²) in [6.07, 6.45) is 2.28. The van der Waals surface area contributed by atoms with Crippen LogP contribution in [-0.2, 0) is 14.3 Å². The van der Waals surface area contributed by atoms with Gasteiger partial charge in [-0.05, 0) is 12.8 Å². The van der Waals surface area contributed by atoms with Gasteiger partial charge in [0.1, 0.15) is 0 Å². The molecule has 1 fully saturated rings. The number of carbonyl (C=O) groups is 2. The van der Waals surface area contributed by atoms with Gasteiger partial charge in [-0.2, -0.15) is 0 Å². The molecule has 0 saturated carbocycles. The number of aliphatic carboxylic acids is 1.